The predicted molar refractivity (Wildman–Crippen MR) is 117 cm³/mol. The Morgan fingerprint density at radius 3 is 2.57 bits per heavy atom. The summed E-state index contributed by atoms with van der Waals surface area (Å²) in [7, 11) is 1.86. The number of nitrogens with one attached hydrogen (secondary N) is 2. The molecule has 0 aliphatic heterocycles. The second kappa shape index (κ2) is 9.13. The normalized spacial score (nSPS) is 12.3. The molecule has 8 heteroatoms. The fourth-order valence-electron chi connectivity index (χ4n) is 2.88. The van der Waals surface area contributed by atoms with E-state index in [1.165, 1.54) is 11.3 Å². The molecule has 158 valence electrons. The van der Waals surface area contributed by atoms with Crippen molar-refractivity contribution in [1.29, 1.82) is 0 Å². The van der Waals surface area contributed by atoms with Gasteiger partial charge in [0.1, 0.15) is 5.60 Å². The third-order valence-corrected chi connectivity index (χ3v) is 5.24. The molecular formula is C22H26N4O3S. The third kappa shape index (κ3) is 5.70. The van der Waals surface area contributed by atoms with Crippen molar-refractivity contribution in [2.75, 3.05) is 6.54 Å². The quantitative estimate of drug-likeness (QED) is 0.620. The lowest BCUT2D eigenvalue weighted by molar-refractivity contribution is 0.0520. The van der Waals surface area contributed by atoms with Crippen LogP contribution in [-0.4, -0.2) is 33.9 Å². The van der Waals surface area contributed by atoms with Crippen molar-refractivity contribution >= 4 is 23.3 Å². The van der Waals surface area contributed by atoms with Crippen LogP contribution in [0.3, 0.4) is 0 Å². The minimum absolute atomic E-state index is 0.209. The molecule has 2 heterocycles. The van der Waals surface area contributed by atoms with Crippen LogP contribution in [0.25, 0.3) is 10.6 Å². The Labute approximate surface area is 180 Å². The fraction of sp³-hybridized carbons (Fsp3) is 0.318. The van der Waals surface area contributed by atoms with Crippen LogP contribution < -0.4 is 10.6 Å². The largest absolute Gasteiger partial charge is 0.444 e. The number of carbonyl (C=O) groups excluding carboxylic acids is 2. The van der Waals surface area contributed by atoms with Gasteiger partial charge in [-0.25, -0.2) is 4.79 Å². The molecule has 0 aliphatic carbocycles. The first kappa shape index (κ1) is 21.6. The first-order valence-corrected chi connectivity index (χ1v) is 10.5. The number of hydrogen-bond acceptors (Lipinski definition) is 5. The SMILES string of the molecule is Cn1nccc1-c1cc(C(=O)NC(CNC(=O)OC(C)(C)C)c2ccccc2)cs1. The number of carbonyl (C=O) groups is 2. The molecule has 0 saturated heterocycles. The van der Waals surface area contributed by atoms with Crippen LogP contribution in [-0.2, 0) is 11.8 Å². The highest BCUT2D eigenvalue weighted by molar-refractivity contribution is 7.13. The Morgan fingerprint density at radius 1 is 1.20 bits per heavy atom. The van der Waals surface area contributed by atoms with Crippen LogP contribution in [0.15, 0.2) is 54.0 Å². The Hall–Kier alpha value is -3.13. The highest BCUT2D eigenvalue weighted by Gasteiger charge is 2.21. The lowest BCUT2D eigenvalue weighted by atomic mass is 10.1. The Balaban J connectivity index is 1.71. The van der Waals surface area contributed by atoms with Crippen LogP contribution in [0.1, 0.15) is 42.7 Å². The highest BCUT2D eigenvalue weighted by atomic mass is 32.1. The number of thiophene rings is 1. The fourth-order valence-corrected chi connectivity index (χ4v) is 3.83. The zero-order valence-electron chi connectivity index (χ0n) is 17.5. The second-order valence-corrected chi connectivity index (χ2v) is 8.77. The third-order valence-electron chi connectivity index (χ3n) is 4.29. The van der Waals surface area contributed by atoms with Gasteiger partial charge in [-0.15, -0.1) is 11.3 Å². The summed E-state index contributed by atoms with van der Waals surface area (Å²) < 4.78 is 7.07. The van der Waals surface area contributed by atoms with Crippen LogP contribution in [0.2, 0.25) is 0 Å². The minimum Gasteiger partial charge on any atom is -0.444 e. The topological polar surface area (TPSA) is 85.3 Å². The number of nitrogens with zero attached hydrogens (tertiary/aromatic N) is 2. The van der Waals surface area contributed by atoms with Gasteiger partial charge in [-0.2, -0.15) is 5.10 Å². The number of alkyl carbamates (subject to hydrolysis) is 1. The first-order chi connectivity index (χ1) is 14.2. The van der Waals surface area contributed by atoms with Gasteiger partial charge in [-0.3, -0.25) is 9.48 Å². The molecule has 0 aliphatic rings. The molecule has 2 N–H and O–H groups in total. The van der Waals surface area contributed by atoms with Crippen LogP contribution >= 0.6 is 11.3 Å². The van der Waals surface area contributed by atoms with Crippen LogP contribution in [0.5, 0.6) is 0 Å². The first-order valence-electron chi connectivity index (χ1n) is 9.62. The van der Waals surface area contributed by atoms with Gasteiger partial charge in [0.25, 0.3) is 5.91 Å². The lowest BCUT2D eigenvalue weighted by Gasteiger charge is -2.23. The van der Waals surface area contributed by atoms with E-state index in [-0.39, 0.29) is 12.5 Å². The number of benzene rings is 1. The van der Waals surface area contributed by atoms with E-state index in [1.54, 1.807) is 31.6 Å². The Morgan fingerprint density at radius 2 is 1.93 bits per heavy atom. The maximum absolute atomic E-state index is 12.9. The van der Waals surface area contributed by atoms with E-state index in [0.717, 1.165) is 16.1 Å². The van der Waals surface area contributed by atoms with E-state index in [9.17, 15) is 9.59 Å². The highest BCUT2D eigenvalue weighted by Crippen LogP contribution is 2.27. The molecule has 2 aromatic heterocycles. The number of aryl methyl sites for hydroxylation is 1. The van der Waals surface area contributed by atoms with Crippen molar-refractivity contribution < 1.29 is 14.3 Å². The zero-order valence-corrected chi connectivity index (χ0v) is 18.3. The maximum atomic E-state index is 12.9. The summed E-state index contributed by atoms with van der Waals surface area (Å²) in [4.78, 5) is 25.9. The Bertz CT molecular complexity index is 1000. The van der Waals surface area contributed by atoms with Gasteiger partial charge in [0.05, 0.1) is 22.2 Å². The zero-order chi connectivity index (χ0) is 21.7. The molecule has 30 heavy (non-hydrogen) atoms. The number of rotatable bonds is 6. The predicted octanol–water partition coefficient (Wildman–Crippen LogP) is 4.14. The molecule has 1 aromatic carbocycles. The lowest BCUT2D eigenvalue weighted by Crippen LogP contribution is -2.40. The van der Waals surface area contributed by atoms with E-state index >= 15 is 0 Å². The molecule has 3 aromatic rings. The summed E-state index contributed by atoms with van der Waals surface area (Å²) in [5.74, 6) is -0.209. The summed E-state index contributed by atoms with van der Waals surface area (Å²) in [5.41, 5.74) is 1.82. The van der Waals surface area contributed by atoms with Crippen molar-refractivity contribution in [1.82, 2.24) is 20.4 Å². The van der Waals surface area contributed by atoms with E-state index < -0.39 is 17.7 Å². The molecule has 7 nitrogen and oxygen atoms in total. The standard InChI is InChI=1S/C22H26N4O3S/c1-22(2,3)29-21(28)23-13-17(15-8-6-5-7-9-15)25-20(27)16-12-19(30-14-16)18-10-11-24-26(18)4/h5-12,14,17H,13H2,1-4H3,(H,23,28)(H,25,27). The van der Waals surface area contributed by atoms with Gasteiger partial charge >= 0.3 is 6.09 Å². The van der Waals surface area contributed by atoms with E-state index in [1.807, 2.05) is 54.9 Å². The van der Waals surface area contributed by atoms with Gasteiger partial charge in [0.2, 0.25) is 0 Å². The minimum atomic E-state index is -0.589. The number of ether oxygens (including phenoxy) is 1. The molecule has 3 rings (SSSR count). The summed E-state index contributed by atoms with van der Waals surface area (Å²) in [6, 6.07) is 12.9. The monoisotopic (exact) mass is 426 g/mol. The van der Waals surface area contributed by atoms with E-state index in [0.29, 0.717) is 5.56 Å². The van der Waals surface area contributed by atoms with Crippen LogP contribution in [0, 0.1) is 0 Å². The molecule has 1 unspecified atom stereocenters. The van der Waals surface area contributed by atoms with Crippen LogP contribution in [0.4, 0.5) is 4.79 Å². The summed E-state index contributed by atoms with van der Waals surface area (Å²) >= 11 is 1.49. The molecular weight excluding hydrogens is 400 g/mol. The smallest absolute Gasteiger partial charge is 0.407 e. The molecule has 0 radical (unpaired) electrons. The molecule has 0 spiro atoms. The summed E-state index contributed by atoms with van der Waals surface area (Å²) in [6.07, 6.45) is 1.20. The number of amides is 2. The second-order valence-electron chi connectivity index (χ2n) is 7.86. The van der Waals surface area contributed by atoms with Gasteiger partial charge in [0.15, 0.2) is 0 Å². The average molecular weight is 427 g/mol. The van der Waals surface area contributed by atoms with Gasteiger partial charge in [0, 0.05) is 25.2 Å². The molecule has 0 fully saturated rings. The van der Waals surface area contributed by atoms with Crippen molar-refractivity contribution in [3.63, 3.8) is 0 Å². The average Bonchev–Trinajstić information content (AvgIpc) is 3.33. The maximum Gasteiger partial charge on any atom is 0.407 e. The summed E-state index contributed by atoms with van der Waals surface area (Å²) in [6.45, 7) is 5.63. The van der Waals surface area contributed by atoms with Crippen molar-refractivity contribution in [3.8, 4) is 10.6 Å². The van der Waals surface area contributed by atoms with Gasteiger partial charge in [-0.1, -0.05) is 30.3 Å². The van der Waals surface area contributed by atoms with Gasteiger partial charge < -0.3 is 15.4 Å². The molecule has 1 atom stereocenters. The molecule has 0 bridgehead atoms. The number of hydrogen-bond donors (Lipinski definition) is 2. The van der Waals surface area contributed by atoms with Crippen molar-refractivity contribution in [2.45, 2.75) is 32.4 Å². The Kier molecular flexibility index (Phi) is 6.56. The van der Waals surface area contributed by atoms with Crippen molar-refractivity contribution in [3.05, 3.63) is 65.2 Å². The van der Waals surface area contributed by atoms with Crippen molar-refractivity contribution in [2.24, 2.45) is 7.05 Å². The summed E-state index contributed by atoms with van der Waals surface area (Å²) in [5, 5.41) is 11.8. The van der Waals surface area contributed by atoms with Gasteiger partial charge in [-0.05, 0) is 38.5 Å². The number of aromatic nitrogens is 2. The van der Waals surface area contributed by atoms with E-state index in [2.05, 4.69) is 15.7 Å². The molecule has 0 saturated carbocycles. The molecule has 2 amide bonds. The van der Waals surface area contributed by atoms with E-state index in [4.69, 9.17) is 4.74 Å².